The molecule has 0 unspecified atom stereocenters. The molecule has 1 heterocycles. The summed E-state index contributed by atoms with van der Waals surface area (Å²) < 4.78 is 0. The topological polar surface area (TPSA) is 0 Å². The molecule has 0 spiro atoms. The Balaban J connectivity index is 2.17. The Morgan fingerprint density at radius 1 is 1.00 bits per heavy atom. The predicted octanol–water partition coefficient (Wildman–Crippen LogP) is -3.14. The highest BCUT2D eigenvalue weighted by atomic mass is 30.1. The van der Waals surface area contributed by atoms with Crippen LogP contribution < -0.4 is 5.19 Å². The summed E-state index contributed by atoms with van der Waals surface area (Å²) in [6.45, 7) is 2.21. The minimum Gasteiger partial charge on any atom is -0.0701 e. The Bertz CT molecular complexity index is 251. The van der Waals surface area contributed by atoms with Crippen LogP contribution in [0.2, 0.25) is 0 Å². The van der Waals surface area contributed by atoms with Gasteiger partial charge in [-0.2, -0.15) is 0 Å². The average molecular weight is 241 g/mol. The van der Waals surface area contributed by atoms with Crippen LogP contribution in [0.1, 0.15) is 5.56 Å². The van der Waals surface area contributed by atoms with E-state index >= 15 is 0 Å². The third kappa shape index (κ3) is 1.97. The lowest BCUT2D eigenvalue weighted by molar-refractivity contribution is 1.49. The summed E-state index contributed by atoms with van der Waals surface area (Å²) >= 11 is 0. The van der Waals surface area contributed by atoms with E-state index in [1.54, 1.807) is 0 Å². The monoisotopic (exact) mass is 240 g/mol. The van der Waals surface area contributed by atoms with Crippen molar-refractivity contribution in [1.82, 2.24) is 0 Å². The van der Waals surface area contributed by atoms with Gasteiger partial charge in [-0.05, 0) is 41.1 Å². The van der Waals surface area contributed by atoms with E-state index in [0.717, 1.165) is 17.1 Å². The molecule has 0 nitrogen and oxygen atoms in total. The molecular weight excluding hydrogens is 225 g/mol. The predicted molar refractivity (Wildman–Crippen MR) is 72.1 cm³/mol. The molecule has 1 saturated heterocycles. The summed E-state index contributed by atoms with van der Waals surface area (Å²) in [5, 5.41) is 1.89. The molecule has 0 aliphatic carbocycles. The van der Waals surface area contributed by atoms with E-state index in [1.807, 2.05) is 5.19 Å². The first-order chi connectivity index (χ1) is 5.86. The highest BCUT2D eigenvalue weighted by Gasteiger charge is 2.19. The number of rotatable bonds is 1. The van der Waals surface area contributed by atoms with Crippen molar-refractivity contribution in [2.24, 2.45) is 0 Å². The summed E-state index contributed by atoms with van der Waals surface area (Å²) in [4.78, 5) is 0. The highest BCUT2D eigenvalue weighted by Crippen LogP contribution is 1.95. The number of aryl methyl sites for hydroxylation is 1. The van der Waals surface area contributed by atoms with Gasteiger partial charge in [0.15, 0.2) is 0 Å². The van der Waals surface area contributed by atoms with Crippen molar-refractivity contribution in [1.29, 1.82) is 0 Å². The van der Waals surface area contributed by atoms with Crippen LogP contribution in [-0.2, 0) is 0 Å². The van der Waals surface area contributed by atoms with Gasteiger partial charge in [-0.25, -0.2) is 0 Å². The summed E-state index contributed by atoms with van der Waals surface area (Å²) in [7, 11) is 2.72. The number of hydrogen-bond donors (Lipinski definition) is 0. The standard InChI is InChI=1S/C7H16Si5/c1-6-2-4-7(5-3-6)12-10-8-9-11-12/h2-5,12H,8-11H2,1H3. The molecule has 1 fully saturated rings. The van der Waals surface area contributed by atoms with Gasteiger partial charge in [-0.1, -0.05) is 35.0 Å². The zero-order valence-electron chi connectivity index (χ0n) is 7.72. The SMILES string of the molecule is Cc1ccc([SiH]2[SiH2][SiH2][SiH2][SiH2]2)cc1. The van der Waals surface area contributed by atoms with Crippen molar-refractivity contribution in [3.05, 3.63) is 29.8 Å². The molecule has 0 atom stereocenters. The first-order valence-corrected chi connectivity index (χ1v) is 24.0. The van der Waals surface area contributed by atoms with Crippen molar-refractivity contribution in [3.63, 3.8) is 0 Å². The van der Waals surface area contributed by atoms with Crippen LogP contribution in [0.25, 0.3) is 0 Å². The van der Waals surface area contributed by atoms with Gasteiger partial charge < -0.3 is 0 Å². The second-order valence-corrected chi connectivity index (χ2v) is 48.7. The van der Waals surface area contributed by atoms with E-state index in [-0.39, 0.29) is 7.83 Å². The Morgan fingerprint density at radius 2 is 1.58 bits per heavy atom. The van der Waals surface area contributed by atoms with Gasteiger partial charge in [0.25, 0.3) is 0 Å². The number of benzene rings is 1. The molecular formula is C7H16Si5. The zero-order valence-corrected chi connectivity index (χ0v) is 14.5. The van der Waals surface area contributed by atoms with Gasteiger partial charge in [-0.15, -0.1) is 0 Å². The van der Waals surface area contributed by atoms with Crippen LogP contribution in [0.15, 0.2) is 24.3 Å². The fraction of sp³-hybridized carbons (Fsp3) is 0.143. The van der Waals surface area contributed by atoms with E-state index in [2.05, 4.69) is 31.2 Å². The molecule has 5 heteroatoms. The molecule has 1 aliphatic heterocycles. The quantitative estimate of drug-likeness (QED) is 0.455. The fourth-order valence-electron chi connectivity index (χ4n) is 2.10. The van der Waals surface area contributed by atoms with Gasteiger partial charge >= 0.3 is 0 Å². The van der Waals surface area contributed by atoms with Gasteiger partial charge in [-0.3, -0.25) is 0 Å². The van der Waals surface area contributed by atoms with Gasteiger partial charge in [0.1, 0.15) is 0 Å². The zero-order chi connectivity index (χ0) is 8.39. The Labute approximate surface area is 84.0 Å². The molecule has 0 amide bonds. The molecule has 64 valence electrons. The van der Waals surface area contributed by atoms with Crippen LogP contribution >= 0.6 is 0 Å². The first-order valence-electron chi connectivity index (χ1n) is 4.93. The van der Waals surface area contributed by atoms with E-state index in [0.29, 0.717) is 17.1 Å². The average Bonchev–Trinajstić information content (AvgIpc) is 2.58. The Kier molecular flexibility index (Phi) is 2.97. The highest BCUT2D eigenvalue weighted by molar-refractivity contribution is 7.82. The van der Waals surface area contributed by atoms with Crippen LogP contribution in [0.3, 0.4) is 0 Å². The molecule has 12 heavy (non-hydrogen) atoms. The van der Waals surface area contributed by atoms with E-state index < -0.39 is 0 Å². The minimum atomic E-state index is -0.0587. The molecule has 0 N–H and O–H groups in total. The van der Waals surface area contributed by atoms with Crippen molar-refractivity contribution in [2.75, 3.05) is 0 Å². The molecule has 1 aliphatic rings. The van der Waals surface area contributed by atoms with E-state index in [9.17, 15) is 0 Å². The van der Waals surface area contributed by atoms with Crippen molar-refractivity contribution in [3.8, 4) is 0 Å². The summed E-state index contributed by atoms with van der Waals surface area (Å²) in [5.74, 6) is 0. The van der Waals surface area contributed by atoms with Crippen LogP contribution in [0.4, 0.5) is 0 Å². The maximum atomic E-state index is 2.47. The summed E-state index contributed by atoms with van der Waals surface area (Å²) in [6, 6.07) is 9.62. The molecule has 2 rings (SSSR count). The van der Waals surface area contributed by atoms with E-state index in [1.165, 1.54) is 5.56 Å². The molecule has 1 aromatic carbocycles. The Morgan fingerprint density at radius 3 is 2.17 bits per heavy atom. The van der Waals surface area contributed by atoms with Crippen molar-refractivity contribution in [2.45, 2.75) is 6.92 Å². The first kappa shape index (κ1) is 8.88. The second-order valence-electron chi connectivity index (χ2n) is 3.89. The lowest BCUT2D eigenvalue weighted by Crippen LogP contribution is -2.39. The molecule has 1 aromatic rings. The van der Waals surface area contributed by atoms with Crippen LogP contribution in [0.5, 0.6) is 0 Å². The molecule has 0 saturated carbocycles. The smallest absolute Gasteiger partial charge is 0.0393 e. The third-order valence-corrected chi connectivity index (χ3v) is 99.9. The largest absolute Gasteiger partial charge is 0.0701 e. The Hall–Kier alpha value is 0.304. The van der Waals surface area contributed by atoms with Gasteiger partial charge in [0, 0.05) is 7.83 Å². The molecule has 0 aromatic heterocycles. The summed E-state index contributed by atoms with van der Waals surface area (Å²) in [5.41, 5.74) is 1.45. The van der Waals surface area contributed by atoms with Gasteiger partial charge in [0.05, 0.1) is 0 Å². The normalized spacial score (nSPS) is 30.9. The number of hydrogen-bond acceptors (Lipinski definition) is 0. The van der Waals surface area contributed by atoms with Crippen LogP contribution in [0, 0.1) is 6.92 Å². The second kappa shape index (κ2) is 4.01. The lowest BCUT2D eigenvalue weighted by atomic mass is 10.2. The molecule has 0 bridgehead atoms. The van der Waals surface area contributed by atoms with Gasteiger partial charge in [0.2, 0.25) is 0 Å². The van der Waals surface area contributed by atoms with Crippen LogP contribution in [-0.4, -0.2) is 42.1 Å². The minimum absolute atomic E-state index is 0.0587. The van der Waals surface area contributed by atoms with E-state index in [4.69, 9.17) is 0 Å². The maximum absolute atomic E-state index is 2.47. The van der Waals surface area contributed by atoms with Crippen molar-refractivity contribution >= 4 is 47.2 Å². The third-order valence-electron chi connectivity index (χ3n) is 2.90. The molecule has 0 radical (unpaired) electrons. The van der Waals surface area contributed by atoms with Crippen molar-refractivity contribution < 1.29 is 0 Å². The summed E-state index contributed by atoms with van der Waals surface area (Å²) in [6.07, 6.45) is 0. The maximum Gasteiger partial charge on any atom is 0.0393 e. The fourth-order valence-corrected chi connectivity index (χ4v) is 204. The lowest BCUT2D eigenvalue weighted by Gasteiger charge is -2.06.